The molecule has 1 nitrogen and oxygen atoms in total. The Hall–Kier alpha value is -0.300. The molecule has 15 heavy (non-hydrogen) atoms. The van der Waals surface area contributed by atoms with Crippen molar-refractivity contribution in [1.29, 1.82) is 0 Å². The normalized spacial score (nSPS) is 26.9. The van der Waals surface area contributed by atoms with Crippen LogP contribution in [-0.4, -0.2) is 11.2 Å². The summed E-state index contributed by atoms with van der Waals surface area (Å²) < 4.78 is 0. The Morgan fingerprint density at radius 1 is 0.933 bits per heavy atom. The average molecular weight is 210 g/mol. The van der Waals surface area contributed by atoms with Crippen LogP contribution < -0.4 is 0 Å². The molecule has 0 amide bonds. The van der Waals surface area contributed by atoms with E-state index in [1.54, 1.807) is 0 Å². The lowest BCUT2D eigenvalue weighted by atomic mass is 9.98. The van der Waals surface area contributed by atoms with E-state index in [9.17, 15) is 5.11 Å². The first-order chi connectivity index (χ1) is 7.30. The molecule has 0 aromatic heterocycles. The Bertz CT molecular complexity index is 182. The van der Waals surface area contributed by atoms with E-state index in [1.165, 1.54) is 63.4 Å². The highest BCUT2D eigenvalue weighted by molar-refractivity contribution is 5.06. The molecule has 0 aromatic rings. The molecule has 1 unspecified atom stereocenters. The molecule has 1 atom stereocenters. The summed E-state index contributed by atoms with van der Waals surface area (Å²) in [6, 6.07) is 0. The zero-order valence-electron chi connectivity index (χ0n) is 10.2. The summed E-state index contributed by atoms with van der Waals surface area (Å²) in [4.78, 5) is 0. The Morgan fingerprint density at radius 2 is 1.47 bits per heavy atom. The van der Waals surface area contributed by atoms with Crippen molar-refractivity contribution < 1.29 is 5.11 Å². The molecule has 88 valence electrons. The number of hydrogen-bond donors (Lipinski definition) is 1. The molecular formula is C14H26O. The van der Waals surface area contributed by atoms with Gasteiger partial charge >= 0.3 is 0 Å². The van der Waals surface area contributed by atoms with Gasteiger partial charge in [-0.3, -0.25) is 0 Å². The predicted molar refractivity (Wildman–Crippen MR) is 65.9 cm³/mol. The first-order valence-electron chi connectivity index (χ1n) is 6.67. The molecular weight excluding hydrogens is 184 g/mol. The Morgan fingerprint density at radius 3 is 2.07 bits per heavy atom. The van der Waals surface area contributed by atoms with Gasteiger partial charge < -0.3 is 5.11 Å². The highest BCUT2D eigenvalue weighted by Crippen LogP contribution is 2.18. The van der Waals surface area contributed by atoms with Crippen molar-refractivity contribution in [2.24, 2.45) is 0 Å². The molecule has 0 aromatic carbocycles. The fourth-order valence-corrected chi connectivity index (χ4v) is 2.30. The van der Waals surface area contributed by atoms with Crippen LogP contribution in [0.4, 0.5) is 0 Å². The van der Waals surface area contributed by atoms with Crippen LogP contribution in [0, 0.1) is 0 Å². The van der Waals surface area contributed by atoms with Crippen molar-refractivity contribution in [2.45, 2.75) is 77.2 Å². The smallest absolute Gasteiger partial charge is 0.0721 e. The summed E-state index contributed by atoms with van der Waals surface area (Å²) in [5, 5.41) is 9.61. The molecule has 1 N–H and O–H groups in total. The van der Waals surface area contributed by atoms with Crippen LogP contribution in [0.15, 0.2) is 11.6 Å². The van der Waals surface area contributed by atoms with Crippen LogP contribution in [0.3, 0.4) is 0 Å². The van der Waals surface area contributed by atoms with Crippen LogP contribution in [0.5, 0.6) is 0 Å². The lowest BCUT2D eigenvalue weighted by Gasteiger charge is -2.12. The van der Waals surface area contributed by atoms with Gasteiger partial charge in [-0.1, -0.05) is 44.6 Å². The first kappa shape index (κ1) is 12.8. The van der Waals surface area contributed by atoms with E-state index >= 15 is 0 Å². The van der Waals surface area contributed by atoms with Gasteiger partial charge in [-0.2, -0.15) is 0 Å². The van der Waals surface area contributed by atoms with Crippen LogP contribution in [0.2, 0.25) is 0 Å². The van der Waals surface area contributed by atoms with E-state index in [-0.39, 0.29) is 6.10 Å². The minimum Gasteiger partial charge on any atom is -0.389 e. The quantitative estimate of drug-likeness (QED) is 0.643. The van der Waals surface area contributed by atoms with Gasteiger partial charge in [-0.15, -0.1) is 0 Å². The molecule has 1 aliphatic rings. The molecule has 0 saturated heterocycles. The largest absolute Gasteiger partial charge is 0.389 e. The van der Waals surface area contributed by atoms with Crippen LogP contribution in [-0.2, 0) is 0 Å². The Kier molecular flexibility index (Phi) is 6.74. The number of hydrogen-bond acceptors (Lipinski definition) is 1. The molecule has 0 spiro atoms. The lowest BCUT2D eigenvalue weighted by molar-refractivity contribution is 0.225. The zero-order chi connectivity index (χ0) is 10.9. The maximum absolute atomic E-state index is 9.61. The van der Waals surface area contributed by atoms with Gasteiger partial charge in [0.25, 0.3) is 0 Å². The van der Waals surface area contributed by atoms with E-state index in [0.717, 1.165) is 6.42 Å². The lowest BCUT2D eigenvalue weighted by Crippen LogP contribution is -2.05. The van der Waals surface area contributed by atoms with Crippen LogP contribution >= 0.6 is 0 Å². The van der Waals surface area contributed by atoms with Gasteiger partial charge in [0.2, 0.25) is 0 Å². The number of allylic oxidation sites excluding steroid dienone is 1. The van der Waals surface area contributed by atoms with Crippen LogP contribution in [0.25, 0.3) is 0 Å². The summed E-state index contributed by atoms with van der Waals surface area (Å²) in [6.45, 7) is 1.90. The third-order valence-corrected chi connectivity index (χ3v) is 3.36. The minimum atomic E-state index is -0.229. The molecule has 0 radical (unpaired) electrons. The number of rotatable bonds is 1. The molecule has 0 bridgehead atoms. The van der Waals surface area contributed by atoms with Crippen molar-refractivity contribution in [3.8, 4) is 0 Å². The van der Waals surface area contributed by atoms with Gasteiger partial charge in [0.15, 0.2) is 0 Å². The second kappa shape index (κ2) is 7.92. The number of aliphatic hydroxyl groups is 1. The highest BCUT2D eigenvalue weighted by Gasteiger charge is 2.05. The predicted octanol–water partition coefficient (Wildman–Crippen LogP) is 4.21. The zero-order valence-corrected chi connectivity index (χ0v) is 10.2. The van der Waals surface area contributed by atoms with E-state index < -0.39 is 0 Å². The molecule has 1 rings (SSSR count). The monoisotopic (exact) mass is 210 g/mol. The number of aliphatic hydroxyl groups excluding tert-OH is 1. The Balaban J connectivity index is 2.38. The second-order valence-electron chi connectivity index (χ2n) is 4.82. The fraction of sp³-hybridized carbons (Fsp3) is 0.857. The SMILES string of the molecule is CC(O)/C1=C\CCCCCCCCCC1. The maximum atomic E-state index is 9.61. The van der Waals surface area contributed by atoms with Crippen LogP contribution in [0.1, 0.15) is 71.1 Å². The van der Waals surface area contributed by atoms with Crippen molar-refractivity contribution in [3.63, 3.8) is 0 Å². The third kappa shape index (κ3) is 5.99. The van der Waals surface area contributed by atoms with Gasteiger partial charge in [0.1, 0.15) is 0 Å². The molecule has 0 heterocycles. The molecule has 1 heteroatoms. The van der Waals surface area contributed by atoms with Crippen molar-refractivity contribution >= 4 is 0 Å². The second-order valence-corrected chi connectivity index (χ2v) is 4.82. The third-order valence-electron chi connectivity index (χ3n) is 3.36. The first-order valence-corrected chi connectivity index (χ1v) is 6.67. The van der Waals surface area contributed by atoms with E-state index in [1.807, 2.05) is 6.92 Å². The molecule has 0 fully saturated rings. The standard InChI is InChI=1S/C14H26O/c1-13(15)14-11-9-7-5-3-2-4-6-8-10-12-14/h11,13,15H,2-10,12H2,1H3/b14-11-. The van der Waals surface area contributed by atoms with E-state index in [0.29, 0.717) is 0 Å². The summed E-state index contributed by atoms with van der Waals surface area (Å²) in [7, 11) is 0. The summed E-state index contributed by atoms with van der Waals surface area (Å²) in [5.41, 5.74) is 1.27. The average Bonchev–Trinajstić information content (AvgIpc) is 2.18. The Labute approximate surface area is 94.6 Å². The van der Waals surface area contributed by atoms with E-state index in [2.05, 4.69) is 6.08 Å². The van der Waals surface area contributed by atoms with Crippen molar-refractivity contribution in [1.82, 2.24) is 0 Å². The van der Waals surface area contributed by atoms with Gasteiger partial charge in [-0.25, -0.2) is 0 Å². The van der Waals surface area contributed by atoms with Gasteiger partial charge in [0, 0.05) is 0 Å². The molecule has 1 aliphatic carbocycles. The molecule has 0 saturated carbocycles. The fourth-order valence-electron chi connectivity index (χ4n) is 2.30. The minimum absolute atomic E-state index is 0.229. The summed E-state index contributed by atoms with van der Waals surface area (Å²) in [6.07, 6.45) is 15.2. The summed E-state index contributed by atoms with van der Waals surface area (Å²) >= 11 is 0. The van der Waals surface area contributed by atoms with Gasteiger partial charge in [-0.05, 0) is 38.2 Å². The van der Waals surface area contributed by atoms with E-state index in [4.69, 9.17) is 0 Å². The molecule has 0 aliphatic heterocycles. The van der Waals surface area contributed by atoms with Gasteiger partial charge in [0.05, 0.1) is 6.10 Å². The topological polar surface area (TPSA) is 20.2 Å². The van der Waals surface area contributed by atoms with Crippen molar-refractivity contribution in [2.75, 3.05) is 0 Å². The summed E-state index contributed by atoms with van der Waals surface area (Å²) in [5.74, 6) is 0. The highest BCUT2D eigenvalue weighted by atomic mass is 16.3. The maximum Gasteiger partial charge on any atom is 0.0721 e. The van der Waals surface area contributed by atoms with Crippen molar-refractivity contribution in [3.05, 3.63) is 11.6 Å².